The number of likely N-dealkylation sites (tertiary alicyclic amines) is 1. The zero-order chi connectivity index (χ0) is 18.2. The van der Waals surface area contributed by atoms with Gasteiger partial charge < -0.3 is 9.47 Å². The van der Waals surface area contributed by atoms with Gasteiger partial charge in [-0.1, -0.05) is 18.2 Å². The molecule has 1 saturated heterocycles. The van der Waals surface area contributed by atoms with E-state index in [1.807, 2.05) is 48.8 Å². The minimum atomic E-state index is -0.500. The van der Waals surface area contributed by atoms with Crippen molar-refractivity contribution in [2.45, 2.75) is 32.7 Å². The fourth-order valence-electron chi connectivity index (χ4n) is 3.52. The molecule has 1 aromatic heterocycles. The van der Waals surface area contributed by atoms with Gasteiger partial charge in [0, 0.05) is 18.1 Å². The molecule has 3 rings (SSSR count). The number of carbonyl (C=O) groups is 1. The molecule has 140 valence electrons. The lowest BCUT2D eigenvalue weighted by Crippen LogP contribution is -2.49. The van der Waals surface area contributed by atoms with Gasteiger partial charge in [0.25, 0.3) is 0 Å². The van der Waals surface area contributed by atoms with E-state index in [1.54, 1.807) is 11.3 Å². The number of hydrogen-bond acceptors (Lipinski definition) is 6. The van der Waals surface area contributed by atoms with Crippen molar-refractivity contribution in [2.75, 3.05) is 26.3 Å². The Morgan fingerprint density at radius 3 is 2.92 bits per heavy atom. The van der Waals surface area contributed by atoms with Gasteiger partial charge in [-0.2, -0.15) is 0 Å². The van der Waals surface area contributed by atoms with E-state index in [-0.39, 0.29) is 5.97 Å². The van der Waals surface area contributed by atoms with Gasteiger partial charge in [0.2, 0.25) is 0 Å². The number of hydrogen-bond donors (Lipinski definition) is 0. The quantitative estimate of drug-likeness (QED) is 0.659. The lowest BCUT2D eigenvalue weighted by molar-refractivity contribution is -0.160. The molecule has 1 fully saturated rings. The fraction of sp³-hybridized carbons (Fsp3) is 0.500. The molecule has 0 bridgehead atoms. The Balaban J connectivity index is 1.65. The summed E-state index contributed by atoms with van der Waals surface area (Å²) in [6, 6.07) is 9.74. The van der Waals surface area contributed by atoms with Crippen molar-refractivity contribution < 1.29 is 14.3 Å². The fourth-order valence-corrected chi connectivity index (χ4v) is 4.18. The molecule has 0 aliphatic carbocycles. The van der Waals surface area contributed by atoms with Crippen molar-refractivity contribution in [1.29, 1.82) is 0 Å². The van der Waals surface area contributed by atoms with Crippen LogP contribution in [0.4, 0.5) is 0 Å². The third kappa shape index (κ3) is 4.83. The van der Waals surface area contributed by atoms with E-state index in [1.165, 1.54) is 0 Å². The molecule has 0 spiro atoms. The summed E-state index contributed by atoms with van der Waals surface area (Å²) in [5, 5.41) is 3.08. The van der Waals surface area contributed by atoms with E-state index in [2.05, 4.69) is 9.88 Å². The van der Waals surface area contributed by atoms with Crippen molar-refractivity contribution in [3.63, 3.8) is 0 Å². The van der Waals surface area contributed by atoms with Crippen molar-refractivity contribution >= 4 is 17.3 Å². The minimum Gasteiger partial charge on any atom is -0.494 e. The largest absolute Gasteiger partial charge is 0.494 e. The summed E-state index contributed by atoms with van der Waals surface area (Å²) in [6.07, 6.45) is 4.32. The molecule has 2 heterocycles. The molecule has 0 unspecified atom stereocenters. The maximum absolute atomic E-state index is 12.8. The zero-order valence-corrected chi connectivity index (χ0v) is 16.0. The topological polar surface area (TPSA) is 51.7 Å². The van der Waals surface area contributed by atoms with Gasteiger partial charge >= 0.3 is 5.97 Å². The van der Waals surface area contributed by atoms with Gasteiger partial charge in [-0.25, -0.2) is 4.98 Å². The van der Waals surface area contributed by atoms with E-state index in [4.69, 9.17) is 9.47 Å². The van der Waals surface area contributed by atoms with Crippen molar-refractivity contribution in [3.05, 3.63) is 46.9 Å². The molecule has 1 aliphatic rings. The van der Waals surface area contributed by atoms with Crippen LogP contribution in [0.5, 0.6) is 5.75 Å². The molecule has 0 amide bonds. The van der Waals surface area contributed by atoms with Crippen LogP contribution in [0, 0.1) is 5.41 Å². The Labute approximate surface area is 159 Å². The normalized spacial score (nSPS) is 20.7. The summed E-state index contributed by atoms with van der Waals surface area (Å²) < 4.78 is 11.3. The summed E-state index contributed by atoms with van der Waals surface area (Å²) in [5.41, 5.74) is -0.500. The van der Waals surface area contributed by atoms with Crippen LogP contribution in [0.2, 0.25) is 0 Å². The van der Waals surface area contributed by atoms with Gasteiger partial charge in [0.15, 0.2) is 0 Å². The third-order valence-electron chi connectivity index (χ3n) is 4.80. The third-order valence-corrected chi connectivity index (χ3v) is 5.56. The lowest BCUT2D eigenvalue weighted by Gasteiger charge is -2.40. The van der Waals surface area contributed by atoms with Gasteiger partial charge in [-0.3, -0.25) is 9.69 Å². The van der Waals surface area contributed by atoms with E-state index >= 15 is 0 Å². The summed E-state index contributed by atoms with van der Waals surface area (Å²) >= 11 is 1.66. The van der Waals surface area contributed by atoms with Crippen LogP contribution in [-0.4, -0.2) is 42.2 Å². The maximum Gasteiger partial charge on any atom is 0.313 e. The Kier molecular flexibility index (Phi) is 6.63. The molecule has 1 aromatic carbocycles. The van der Waals surface area contributed by atoms with Crippen molar-refractivity contribution in [1.82, 2.24) is 9.88 Å². The Morgan fingerprint density at radius 1 is 1.35 bits per heavy atom. The molecule has 0 saturated carbocycles. The molecule has 1 atom stereocenters. The van der Waals surface area contributed by atoms with Crippen molar-refractivity contribution in [3.8, 4) is 5.75 Å². The van der Waals surface area contributed by atoms with Crippen LogP contribution >= 0.6 is 11.3 Å². The number of carbonyl (C=O) groups excluding carboxylic acids is 1. The SMILES string of the molecule is CCOC(=O)[C@]1(CCOc2ccccc2)CCCN(Cc2nccs2)C1. The van der Waals surface area contributed by atoms with Gasteiger partial charge in [0.1, 0.15) is 10.8 Å². The smallest absolute Gasteiger partial charge is 0.313 e. The van der Waals surface area contributed by atoms with Gasteiger partial charge in [0.05, 0.1) is 25.2 Å². The maximum atomic E-state index is 12.8. The highest BCUT2D eigenvalue weighted by Gasteiger charge is 2.43. The van der Waals surface area contributed by atoms with Crippen LogP contribution in [0.1, 0.15) is 31.2 Å². The highest BCUT2D eigenvalue weighted by molar-refractivity contribution is 7.09. The van der Waals surface area contributed by atoms with E-state index in [0.717, 1.165) is 36.7 Å². The average molecular weight is 375 g/mol. The number of para-hydroxylation sites is 1. The van der Waals surface area contributed by atoms with Crippen LogP contribution < -0.4 is 4.74 Å². The Hall–Kier alpha value is -1.92. The monoisotopic (exact) mass is 374 g/mol. The lowest BCUT2D eigenvalue weighted by atomic mass is 9.77. The summed E-state index contributed by atoms with van der Waals surface area (Å²) in [5.74, 6) is 0.738. The number of aromatic nitrogens is 1. The molecule has 0 N–H and O–H groups in total. The Morgan fingerprint density at radius 2 is 2.19 bits per heavy atom. The van der Waals surface area contributed by atoms with Crippen LogP contribution in [-0.2, 0) is 16.1 Å². The van der Waals surface area contributed by atoms with E-state index in [0.29, 0.717) is 26.2 Å². The average Bonchev–Trinajstić information content (AvgIpc) is 3.16. The molecule has 5 nitrogen and oxygen atoms in total. The molecule has 2 aromatic rings. The summed E-state index contributed by atoms with van der Waals surface area (Å²) in [6.45, 7) is 5.25. The molecular weight excluding hydrogens is 348 g/mol. The van der Waals surface area contributed by atoms with Crippen LogP contribution in [0.15, 0.2) is 41.9 Å². The number of esters is 1. The molecular formula is C20H26N2O3S. The van der Waals surface area contributed by atoms with Crippen LogP contribution in [0.3, 0.4) is 0 Å². The number of rotatable bonds is 8. The van der Waals surface area contributed by atoms with E-state index in [9.17, 15) is 4.79 Å². The highest BCUT2D eigenvalue weighted by atomic mass is 32.1. The second-order valence-electron chi connectivity index (χ2n) is 6.65. The molecule has 6 heteroatoms. The predicted molar refractivity (Wildman–Crippen MR) is 102 cm³/mol. The number of ether oxygens (including phenoxy) is 2. The second-order valence-corrected chi connectivity index (χ2v) is 7.63. The standard InChI is InChI=1S/C20H26N2O3S/c1-2-24-19(23)20(10-13-25-17-7-4-3-5-8-17)9-6-12-22(16-20)15-18-21-11-14-26-18/h3-5,7-8,11,14H,2,6,9-10,12-13,15-16H2,1H3/t20-/m0/s1. The molecule has 0 radical (unpaired) electrons. The predicted octanol–water partition coefficient (Wildman–Crippen LogP) is 3.76. The first kappa shape index (κ1) is 18.9. The Bertz CT molecular complexity index is 678. The number of benzene rings is 1. The highest BCUT2D eigenvalue weighted by Crippen LogP contribution is 2.36. The second kappa shape index (κ2) is 9.14. The minimum absolute atomic E-state index is 0.0968. The van der Waals surface area contributed by atoms with E-state index < -0.39 is 5.41 Å². The number of nitrogens with zero attached hydrogens (tertiary/aromatic N) is 2. The summed E-state index contributed by atoms with van der Waals surface area (Å²) in [4.78, 5) is 19.5. The first-order valence-electron chi connectivity index (χ1n) is 9.18. The van der Waals surface area contributed by atoms with Crippen LogP contribution in [0.25, 0.3) is 0 Å². The number of thiazole rings is 1. The van der Waals surface area contributed by atoms with Gasteiger partial charge in [-0.05, 0) is 44.9 Å². The summed E-state index contributed by atoms with van der Waals surface area (Å²) in [7, 11) is 0. The first-order valence-corrected chi connectivity index (χ1v) is 10.1. The zero-order valence-electron chi connectivity index (χ0n) is 15.2. The van der Waals surface area contributed by atoms with Gasteiger partial charge in [-0.15, -0.1) is 11.3 Å². The van der Waals surface area contributed by atoms with Crippen molar-refractivity contribution in [2.24, 2.45) is 5.41 Å². The molecule has 1 aliphatic heterocycles. The first-order chi connectivity index (χ1) is 12.7. The molecule has 26 heavy (non-hydrogen) atoms. The number of piperidine rings is 1.